The smallest absolute Gasteiger partial charge is 0.319 e. The zero-order valence-corrected chi connectivity index (χ0v) is 14.2. The van der Waals surface area contributed by atoms with Crippen LogP contribution in [0.15, 0.2) is 42.6 Å². The number of carbonyl (C=O) groups excluding carboxylic acids is 1. The number of pyridine rings is 1. The van der Waals surface area contributed by atoms with Crippen molar-refractivity contribution in [2.24, 2.45) is 0 Å². The fourth-order valence-electron chi connectivity index (χ4n) is 2.86. The van der Waals surface area contributed by atoms with Crippen LogP contribution in [0.3, 0.4) is 0 Å². The van der Waals surface area contributed by atoms with Gasteiger partial charge >= 0.3 is 6.03 Å². The molecule has 2 heterocycles. The molecule has 0 aliphatic carbocycles. The van der Waals surface area contributed by atoms with E-state index >= 15 is 0 Å². The molecule has 1 aromatic heterocycles. The zero-order chi connectivity index (χ0) is 16.8. The third-order valence-electron chi connectivity index (χ3n) is 4.06. The van der Waals surface area contributed by atoms with E-state index in [1.165, 1.54) is 19.3 Å². The molecule has 1 aliphatic rings. The van der Waals surface area contributed by atoms with Crippen LogP contribution in [0.4, 0.5) is 16.2 Å². The Morgan fingerprint density at radius 1 is 1.17 bits per heavy atom. The Morgan fingerprint density at radius 2 is 2.00 bits per heavy atom. The van der Waals surface area contributed by atoms with Crippen LogP contribution in [0.5, 0.6) is 0 Å². The van der Waals surface area contributed by atoms with Crippen LogP contribution < -0.4 is 15.5 Å². The van der Waals surface area contributed by atoms with Crippen LogP contribution in [0.25, 0.3) is 0 Å². The van der Waals surface area contributed by atoms with Crippen LogP contribution in [-0.2, 0) is 6.54 Å². The van der Waals surface area contributed by atoms with E-state index in [9.17, 15) is 4.79 Å². The second-order valence-electron chi connectivity index (χ2n) is 5.84. The van der Waals surface area contributed by atoms with E-state index in [0.29, 0.717) is 11.6 Å². The summed E-state index contributed by atoms with van der Waals surface area (Å²) in [7, 11) is 0. The second-order valence-corrected chi connectivity index (χ2v) is 6.27. The summed E-state index contributed by atoms with van der Waals surface area (Å²) in [4.78, 5) is 18.7. The lowest BCUT2D eigenvalue weighted by molar-refractivity contribution is 0.251. The Balaban J connectivity index is 1.66. The first-order valence-corrected chi connectivity index (χ1v) is 8.59. The molecule has 24 heavy (non-hydrogen) atoms. The topological polar surface area (TPSA) is 57.3 Å². The van der Waals surface area contributed by atoms with Crippen molar-refractivity contribution < 1.29 is 4.79 Å². The van der Waals surface area contributed by atoms with Gasteiger partial charge in [0.15, 0.2) is 0 Å². The number of nitrogens with zero attached hydrogens (tertiary/aromatic N) is 2. The third-order valence-corrected chi connectivity index (χ3v) is 4.29. The van der Waals surface area contributed by atoms with Crippen molar-refractivity contribution in [3.63, 3.8) is 0 Å². The number of anilines is 2. The lowest BCUT2D eigenvalue weighted by Crippen LogP contribution is -2.32. The SMILES string of the molecule is O=C(NCc1ccccn1)Nc1cc(Cl)ccc1N1CCCCC1. The number of urea groups is 1. The summed E-state index contributed by atoms with van der Waals surface area (Å²) in [5.41, 5.74) is 2.57. The molecule has 2 amide bonds. The van der Waals surface area contributed by atoms with E-state index in [2.05, 4.69) is 20.5 Å². The molecule has 0 saturated carbocycles. The standard InChI is InChI=1S/C18H21ClN4O/c19-14-7-8-17(23-10-4-1-5-11-23)16(12-14)22-18(24)21-13-15-6-2-3-9-20-15/h2-3,6-9,12H,1,4-5,10-11,13H2,(H2,21,22,24). The van der Waals surface area contributed by atoms with Gasteiger partial charge in [-0.05, 0) is 49.6 Å². The van der Waals surface area contributed by atoms with Crippen molar-refractivity contribution in [2.45, 2.75) is 25.8 Å². The number of nitrogens with one attached hydrogen (secondary N) is 2. The van der Waals surface area contributed by atoms with Crippen LogP contribution in [0.2, 0.25) is 5.02 Å². The molecule has 0 radical (unpaired) electrons. The average molecular weight is 345 g/mol. The highest BCUT2D eigenvalue weighted by Crippen LogP contribution is 2.31. The van der Waals surface area contributed by atoms with Crippen LogP contribution >= 0.6 is 11.6 Å². The average Bonchev–Trinajstić information content (AvgIpc) is 2.62. The van der Waals surface area contributed by atoms with Gasteiger partial charge in [0.2, 0.25) is 0 Å². The van der Waals surface area contributed by atoms with Crippen LogP contribution in [0.1, 0.15) is 25.0 Å². The minimum absolute atomic E-state index is 0.263. The summed E-state index contributed by atoms with van der Waals surface area (Å²) >= 11 is 6.11. The highest BCUT2D eigenvalue weighted by atomic mass is 35.5. The number of piperidine rings is 1. The van der Waals surface area contributed by atoms with Gasteiger partial charge < -0.3 is 15.5 Å². The van der Waals surface area contributed by atoms with Crippen LogP contribution in [-0.4, -0.2) is 24.1 Å². The number of halogens is 1. The monoisotopic (exact) mass is 344 g/mol. The molecule has 2 N–H and O–H groups in total. The first-order valence-electron chi connectivity index (χ1n) is 8.21. The summed E-state index contributed by atoms with van der Waals surface area (Å²) in [6.07, 6.45) is 5.32. The molecule has 3 rings (SSSR count). The third kappa shape index (κ3) is 4.38. The Kier molecular flexibility index (Phi) is 5.54. The molecule has 2 aromatic rings. The van der Waals surface area contributed by atoms with Gasteiger partial charge in [-0.1, -0.05) is 17.7 Å². The van der Waals surface area contributed by atoms with E-state index in [0.717, 1.165) is 30.2 Å². The highest BCUT2D eigenvalue weighted by Gasteiger charge is 2.16. The molecule has 1 aromatic carbocycles. The number of hydrogen-bond donors (Lipinski definition) is 2. The number of aromatic nitrogens is 1. The van der Waals surface area contributed by atoms with Crippen molar-refractivity contribution in [3.8, 4) is 0 Å². The Bertz CT molecular complexity index is 687. The molecule has 0 spiro atoms. The fraction of sp³-hybridized carbons (Fsp3) is 0.333. The lowest BCUT2D eigenvalue weighted by atomic mass is 10.1. The van der Waals surface area contributed by atoms with Crippen molar-refractivity contribution in [1.29, 1.82) is 0 Å². The van der Waals surface area contributed by atoms with Gasteiger partial charge in [0.05, 0.1) is 23.6 Å². The number of amides is 2. The summed E-state index contributed by atoms with van der Waals surface area (Å²) in [5.74, 6) is 0. The molecule has 1 fully saturated rings. The maximum atomic E-state index is 12.2. The van der Waals surface area contributed by atoms with Gasteiger partial charge in [0, 0.05) is 24.3 Å². The van der Waals surface area contributed by atoms with E-state index in [4.69, 9.17) is 11.6 Å². The Labute approximate surface area is 147 Å². The highest BCUT2D eigenvalue weighted by molar-refractivity contribution is 6.31. The number of rotatable bonds is 4. The molecular formula is C18H21ClN4O. The second kappa shape index (κ2) is 8.02. The minimum atomic E-state index is -0.263. The molecule has 1 saturated heterocycles. The maximum absolute atomic E-state index is 12.2. The van der Waals surface area contributed by atoms with E-state index in [1.807, 2.05) is 30.3 Å². The first-order chi connectivity index (χ1) is 11.7. The van der Waals surface area contributed by atoms with Gasteiger partial charge in [0.1, 0.15) is 0 Å². The summed E-state index contributed by atoms with van der Waals surface area (Å²) in [6, 6.07) is 11.0. The van der Waals surface area contributed by atoms with E-state index in [1.54, 1.807) is 12.3 Å². The van der Waals surface area contributed by atoms with Crippen molar-refractivity contribution in [1.82, 2.24) is 10.3 Å². The molecular weight excluding hydrogens is 324 g/mol. The van der Waals surface area contributed by atoms with Crippen molar-refractivity contribution in [2.75, 3.05) is 23.3 Å². The Morgan fingerprint density at radius 3 is 2.75 bits per heavy atom. The van der Waals surface area contributed by atoms with Gasteiger partial charge in [-0.3, -0.25) is 4.98 Å². The van der Waals surface area contributed by atoms with Gasteiger partial charge in [-0.2, -0.15) is 0 Å². The molecule has 6 heteroatoms. The lowest BCUT2D eigenvalue weighted by Gasteiger charge is -2.30. The molecule has 1 aliphatic heterocycles. The quantitative estimate of drug-likeness (QED) is 0.879. The maximum Gasteiger partial charge on any atom is 0.319 e. The van der Waals surface area contributed by atoms with Crippen molar-refractivity contribution >= 4 is 29.0 Å². The van der Waals surface area contributed by atoms with E-state index in [-0.39, 0.29) is 6.03 Å². The predicted octanol–water partition coefficient (Wildman–Crippen LogP) is 4.05. The summed E-state index contributed by atoms with van der Waals surface area (Å²) in [6.45, 7) is 2.39. The molecule has 126 valence electrons. The summed E-state index contributed by atoms with van der Waals surface area (Å²) in [5, 5.41) is 6.35. The number of hydrogen-bond acceptors (Lipinski definition) is 3. The van der Waals surface area contributed by atoms with Gasteiger partial charge in [-0.25, -0.2) is 4.79 Å². The number of carbonyl (C=O) groups is 1. The Hall–Kier alpha value is -2.27. The van der Waals surface area contributed by atoms with Gasteiger partial charge in [0.25, 0.3) is 0 Å². The largest absolute Gasteiger partial charge is 0.370 e. The molecule has 0 unspecified atom stereocenters. The molecule has 0 bridgehead atoms. The summed E-state index contributed by atoms with van der Waals surface area (Å²) < 4.78 is 0. The van der Waals surface area contributed by atoms with Gasteiger partial charge in [-0.15, -0.1) is 0 Å². The normalized spacial score (nSPS) is 14.3. The van der Waals surface area contributed by atoms with E-state index < -0.39 is 0 Å². The van der Waals surface area contributed by atoms with Crippen molar-refractivity contribution in [3.05, 3.63) is 53.3 Å². The van der Waals surface area contributed by atoms with Crippen LogP contribution in [0, 0.1) is 0 Å². The predicted molar refractivity (Wildman–Crippen MR) is 97.6 cm³/mol. The first kappa shape index (κ1) is 16.6. The molecule has 5 nitrogen and oxygen atoms in total. The fourth-order valence-corrected chi connectivity index (χ4v) is 3.03. The number of benzene rings is 1. The minimum Gasteiger partial charge on any atom is -0.370 e. The zero-order valence-electron chi connectivity index (χ0n) is 13.5. The molecule has 0 atom stereocenters.